The SMILES string of the molecule is COC(=O)c1ccc([C@@H]2C[C@H](C3CC3)CCN2Cc2c(OC)cc(C)c3c2ccn3C(=O)OC(C)(C)C)cc1. The molecule has 0 amide bonds. The van der Waals surface area contributed by atoms with Crippen LogP contribution in [0, 0.1) is 18.8 Å². The van der Waals surface area contributed by atoms with E-state index in [0.29, 0.717) is 12.1 Å². The maximum absolute atomic E-state index is 13.0. The number of fused-ring (bicyclic) bond motifs is 1. The van der Waals surface area contributed by atoms with Crippen LogP contribution in [0.25, 0.3) is 10.9 Å². The van der Waals surface area contributed by atoms with Crippen LogP contribution in [0.5, 0.6) is 5.75 Å². The average molecular weight is 533 g/mol. The minimum Gasteiger partial charge on any atom is -0.496 e. The van der Waals surface area contributed by atoms with Crippen molar-refractivity contribution < 1.29 is 23.8 Å². The van der Waals surface area contributed by atoms with Gasteiger partial charge in [-0.2, -0.15) is 0 Å². The lowest BCUT2D eigenvalue weighted by molar-refractivity contribution is 0.0542. The first kappa shape index (κ1) is 27.3. The lowest BCUT2D eigenvalue weighted by Crippen LogP contribution is -2.37. The highest BCUT2D eigenvalue weighted by Gasteiger charge is 2.38. The number of piperidine rings is 1. The molecule has 7 nitrogen and oxygen atoms in total. The quantitative estimate of drug-likeness (QED) is 0.322. The number of ether oxygens (including phenoxy) is 3. The third-order valence-corrected chi connectivity index (χ3v) is 8.16. The van der Waals surface area contributed by atoms with Crippen LogP contribution in [0.4, 0.5) is 4.79 Å². The molecule has 39 heavy (non-hydrogen) atoms. The molecular weight excluding hydrogens is 492 g/mol. The zero-order valence-electron chi connectivity index (χ0n) is 24.0. The first-order chi connectivity index (χ1) is 18.6. The zero-order chi connectivity index (χ0) is 27.9. The molecule has 0 radical (unpaired) electrons. The molecule has 0 bridgehead atoms. The Labute approximate surface area is 231 Å². The molecule has 208 valence electrons. The van der Waals surface area contributed by atoms with Gasteiger partial charge in [-0.15, -0.1) is 0 Å². The second-order valence-corrected chi connectivity index (χ2v) is 12.0. The molecule has 0 unspecified atom stereocenters. The van der Waals surface area contributed by atoms with E-state index in [1.165, 1.54) is 31.9 Å². The van der Waals surface area contributed by atoms with Crippen LogP contribution in [0.3, 0.4) is 0 Å². The van der Waals surface area contributed by atoms with Crippen LogP contribution in [-0.4, -0.2) is 47.9 Å². The molecule has 3 aromatic rings. The van der Waals surface area contributed by atoms with Gasteiger partial charge in [0, 0.05) is 29.7 Å². The van der Waals surface area contributed by atoms with E-state index >= 15 is 0 Å². The number of aromatic nitrogens is 1. The minimum absolute atomic E-state index is 0.227. The third kappa shape index (κ3) is 5.69. The maximum Gasteiger partial charge on any atom is 0.419 e. The van der Waals surface area contributed by atoms with E-state index in [1.54, 1.807) is 17.9 Å². The van der Waals surface area contributed by atoms with Crippen molar-refractivity contribution in [2.24, 2.45) is 11.8 Å². The van der Waals surface area contributed by atoms with E-state index in [-0.39, 0.29) is 18.1 Å². The Hall–Kier alpha value is -3.32. The summed E-state index contributed by atoms with van der Waals surface area (Å²) in [5.41, 5.74) is 4.07. The number of nitrogens with zero attached hydrogens (tertiary/aromatic N) is 2. The smallest absolute Gasteiger partial charge is 0.419 e. The fraction of sp³-hybridized carbons (Fsp3) is 0.500. The van der Waals surface area contributed by atoms with Crippen molar-refractivity contribution in [3.63, 3.8) is 0 Å². The Morgan fingerprint density at radius 3 is 2.33 bits per heavy atom. The molecule has 2 aromatic carbocycles. The highest BCUT2D eigenvalue weighted by atomic mass is 16.6. The normalized spacial score (nSPS) is 20.2. The Morgan fingerprint density at radius 2 is 1.72 bits per heavy atom. The minimum atomic E-state index is -0.584. The first-order valence-corrected chi connectivity index (χ1v) is 13.9. The largest absolute Gasteiger partial charge is 0.496 e. The lowest BCUT2D eigenvalue weighted by atomic mass is 9.83. The molecule has 7 heteroatoms. The number of aryl methyl sites for hydroxylation is 1. The maximum atomic E-state index is 13.0. The summed E-state index contributed by atoms with van der Waals surface area (Å²) in [5.74, 6) is 2.07. The fourth-order valence-electron chi connectivity index (χ4n) is 6.11. The highest BCUT2D eigenvalue weighted by Crippen LogP contribution is 2.47. The van der Waals surface area contributed by atoms with Gasteiger partial charge < -0.3 is 14.2 Å². The number of esters is 1. The average Bonchev–Trinajstić information content (AvgIpc) is 3.66. The van der Waals surface area contributed by atoms with Crippen molar-refractivity contribution >= 4 is 23.0 Å². The third-order valence-electron chi connectivity index (χ3n) is 8.16. The number of likely N-dealkylation sites (tertiary alicyclic amines) is 1. The summed E-state index contributed by atoms with van der Waals surface area (Å²) < 4.78 is 18.1. The molecule has 0 spiro atoms. The zero-order valence-corrected chi connectivity index (χ0v) is 24.0. The highest BCUT2D eigenvalue weighted by molar-refractivity contribution is 5.95. The molecule has 5 rings (SSSR count). The Kier molecular flexibility index (Phi) is 7.47. The van der Waals surface area contributed by atoms with Crippen LogP contribution in [0.2, 0.25) is 0 Å². The second-order valence-electron chi connectivity index (χ2n) is 12.0. The van der Waals surface area contributed by atoms with Crippen molar-refractivity contribution in [2.75, 3.05) is 20.8 Å². The number of carbonyl (C=O) groups excluding carboxylic acids is 2. The van der Waals surface area contributed by atoms with E-state index in [4.69, 9.17) is 14.2 Å². The van der Waals surface area contributed by atoms with Gasteiger partial charge in [-0.3, -0.25) is 9.47 Å². The Morgan fingerprint density at radius 1 is 1.00 bits per heavy atom. The fourth-order valence-corrected chi connectivity index (χ4v) is 6.11. The van der Waals surface area contributed by atoms with Gasteiger partial charge in [-0.05, 0) is 107 Å². The summed E-state index contributed by atoms with van der Waals surface area (Å²) in [4.78, 5) is 27.6. The van der Waals surface area contributed by atoms with Gasteiger partial charge in [0.15, 0.2) is 0 Å². The number of methoxy groups -OCH3 is 2. The summed E-state index contributed by atoms with van der Waals surface area (Å²) in [7, 11) is 3.11. The van der Waals surface area contributed by atoms with Crippen molar-refractivity contribution in [2.45, 2.75) is 71.6 Å². The summed E-state index contributed by atoms with van der Waals surface area (Å²) >= 11 is 0. The standard InChI is InChI=1S/C32H40N2O5/c1-20-17-28(37-5)26(25-14-16-34(29(20)25)31(36)39-32(2,3)4)19-33-15-13-24(21-7-8-21)18-27(33)22-9-11-23(12-10-22)30(35)38-6/h9-12,14,16-17,21,24,27H,7-8,13,15,18-19H2,1-6H3/t24-,27+/m1/s1. The molecule has 1 saturated carbocycles. The molecule has 1 saturated heterocycles. The molecular formula is C32H40N2O5. The monoisotopic (exact) mass is 532 g/mol. The van der Waals surface area contributed by atoms with Crippen molar-refractivity contribution in [3.05, 3.63) is 64.8 Å². The van der Waals surface area contributed by atoms with E-state index in [1.807, 2.05) is 52.0 Å². The van der Waals surface area contributed by atoms with Crippen LogP contribution in [-0.2, 0) is 16.0 Å². The van der Waals surface area contributed by atoms with Gasteiger partial charge in [0.05, 0.1) is 25.3 Å². The summed E-state index contributed by atoms with van der Waals surface area (Å²) in [6, 6.07) is 12.1. The first-order valence-electron chi connectivity index (χ1n) is 13.9. The topological polar surface area (TPSA) is 70.0 Å². The van der Waals surface area contributed by atoms with Crippen molar-refractivity contribution in [3.8, 4) is 5.75 Å². The lowest BCUT2D eigenvalue weighted by Gasteiger charge is -2.40. The molecule has 2 aliphatic rings. The predicted octanol–water partition coefficient (Wildman–Crippen LogP) is 6.89. The van der Waals surface area contributed by atoms with Crippen molar-refractivity contribution in [1.29, 1.82) is 0 Å². The van der Waals surface area contributed by atoms with E-state index < -0.39 is 5.60 Å². The summed E-state index contributed by atoms with van der Waals surface area (Å²) in [6.07, 6.45) is 6.37. The van der Waals surface area contributed by atoms with Gasteiger partial charge in [-0.25, -0.2) is 9.59 Å². The summed E-state index contributed by atoms with van der Waals surface area (Å²) in [5, 5.41) is 1.00. The number of hydrogen-bond donors (Lipinski definition) is 0. The molecule has 1 aliphatic heterocycles. The summed E-state index contributed by atoms with van der Waals surface area (Å²) in [6.45, 7) is 9.31. The number of rotatable bonds is 6. The van der Waals surface area contributed by atoms with E-state index in [2.05, 4.69) is 17.0 Å². The molecule has 1 aromatic heterocycles. The number of hydrogen-bond acceptors (Lipinski definition) is 6. The van der Waals surface area contributed by atoms with Crippen LogP contribution in [0.1, 0.15) is 79.5 Å². The Balaban J connectivity index is 1.51. The number of carbonyl (C=O) groups is 2. The molecule has 1 aliphatic carbocycles. The molecule has 2 atom stereocenters. The molecule has 2 fully saturated rings. The van der Waals surface area contributed by atoms with E-state index in [0.717, 1.165) is 52.6 Å². The second kappa shape index (κ2) is 10.7. The molecule has 2 heterocycles. The Bertz CT molecular complexity index is 1360. The van der Waals surface area contributed by atoms with Crippen LogP contribution in [0.15, 0.2) is 42.6 Å². The van der Waals surface area contributed by atoms with Crippen LogP contribution >= 0.6 is 0 Å². The van der Waals surface area contributed by atoms with Gasteiger partial charge in [0.2, 0.25) is 0 Å². The van der Waals surface area contributed by atoms with E-state index in [9.17, 15) is 9.59 Å². The van der Waals surface area contributed by atoms with Crippen LogP contribution < -0.4 is 4.74 Å². The van der Waals surface area contributed by atoms with Crippen molar-refractivity contribution in [1.82, 2.24) is 9.47 Å². The molecule has 0 N–H and O–H groups in total. The number of benzene rings is 2. The van der Waals surface area contributed by atoms with Gasteiger partial charge in [0.1, 0.15) is 11.4 Å². The van der Waals surface area contributed by atoms with Gasteiger partial charge in [-0.1, -0.05) is 12.1 Å². The predicted molar refractivity (Wildman–Crippen MR) is 151 cm³/mol. The van der Waals surface area contributed by atoms with Gasteiger partial charge >= 0.3 is 12.1 Å². The van der Waals surface area contributed by atoms with Gasteiger partial charge in [0.25, 0.3) is 0 Å².